The first-order valence-electron chi connectivity index (χ1n) is 4.97. The van der Waals surface area contributed by atoms with Crippen molar-refractivity contribution < 1.29 is 10.2 Å². The Balaban J connectivity index is 3.59. The highest BCUT2D eigenvalue weighted by Gasteiger charge is 2.16. The second-order valence-corrected chi connectivity index (χ2v) is 3.67. The molecule has 74 valence electrons. The Morgan fingerprint density at radius 2 is 1.67 bits per heavy atom. The molecule has 3 unspecified atom stereocenters. The second-order valence-electron chi connectivity index (χ2n) is 3.67. The number of aliphatic hydroxyl groups is 2. The first kappa shape index (κ1) is 11.9. The van der Waals surface area contributed by atoms with E-state index in [4.69, 9.17) is 0 Å². The van der Waals surface area contributed by atoms with Gasteiger partial charge in [-0.05, 0) is 18.8 Å². The fourth-order valence-corrected chi connectivity index (χ4v) is 1.45. The van der Waals surface area contributed by atoms with Gasteiger partial charge < -0.3 is 10.2 Å². The summed E-state index contributed by atoms with van der Waals surface area (Å²) in [5, 5.41) is 18.8. The molecule has 2 nitrogen and oxygen atoms in total. The quantitative estimate of drug-likeness (QED) is 0.646. The average Bonchev–Trinajstić information content (AvgIpc) is 2.03. The van der Waals surface area contributed by atoms with Gasteiger partial charge in [-0.2, -0.15) is 0 Å². The molecule has 0 heterocycles. The zero-order valence-electron chi connectivity index (χ0n) is 8.45. The monoisotopic (exact) mass is 174 g/mol. The predicted octanol–water partition coefficient (Wildman–Crippen LogP) is 1.94. The van der Waals surface area contributed by atoms with Crippen LogP contribution in [-0.2, 0) is 0 Å². The van der Waals surface area contributed by atoms with Crippen LogP contribution < -0.4 is 0 Å². The van der Waals surface area contributed by atoms with Crippen LogP contribution >= 0.6 is 0 Å². The van der Waals surface area contributed by atoms with Crippen LogP contribution in [0.4, 0.5) is 0 Å². The Morgan fingerprint density at radius 1 is 1.08 bits per heavy atom. The van der Waals surface area contributed by atoms with E-state index in [1.165, 1.54) is 0 Å². The van der Waals surface area contributed by atoms with Crippen molar-refractivity contribution in [2.45, 2.75) is 58.7 Å². The first-order valence-corrected chi connectivity index (χ1v) is 4.97. The molecule has 0 fully saturated rings. The van der Waals surface area contributed by atoms with Crippen molar-refractivity contribution in [1.82, 2.24) is 0 Å². The summed E-state index contributed by atoms with van der Waals surface area (Å²) in [4.78, 5) is 0. The van der Waals surface area contributed by atoms with Gasteiger partial charge >= 0.3 is 0 Å². The molecule has 0 aliphatic rings. The van der Waals surface area contributed by atoms with Crippen LogP contribution in [0.5, 0.6) is 0 Å². The molecule has 0 rings (SSSR count). The van der Waals surface area contributed by atoms with Crippen LogP contribution in [0.3, 0.4) is 0 Å². The van der Waals surface area contributed by atoms with E-state index in [9.17, 15) is 10.2 Å². The zero-order chi connectivity index (χ0) is 9.56. The topological polar surface area (TPSA) is 40.5 Å². The largest absolute Gasteiger partial charge is 0.390 e. The second kappa shape index (κ2) is 6.44. The molecular weight excluding hydrogens is 152 g/mol. The maximum absolute atomic E-state index is 9.46. The summed E-state index contributed by atoms with van der Waals surface area (Å²) < 4.78 is 0. The van der Waals surface area contributed by atoms with Crippen LogP contribution in [0.15, 0.2) is 0 Å². The van der Waals surface area contributed by atoms with Gasteiger partial charge in [0.1, 0.15) is 0 Å². The Morgan fingerprint density at radius 3 is 2.08 bits per heavy atom. The third-order valence-corrected chi connectivity index (χ3v) is 2.29. The molecule has 0 amide bonds. The number of hydrogen-bond donors (Lipinski definition) is 2. The molecule has 0 saturated heterocycles. The van der Waals surface area contributed by atoms with Gasteiger partial charge in [-0.25, -0.2) is 0 Å². The van der Waals surface area contributed by atoms with Gasteiger partial charge in [0.15, 0.2) is 0 Å². The Labute approximate surface area is 75.6 Å². The fourth-order valence-electron chi connectivity index (χ4n) is 1.45. The first-order chi connectivity index (χ1) is 5.61. The lowest BCUT2D eigenvalue weighted by Crippen LogP contribution is -2.26. The van der Waals surface area contributed by atoms with Crippen LogP contribution in [0.2, 0.25) is 0 Å². The minimum absolute atomic E-state index is 0.520. The van der Waals surface area contributed by atoms with Gasteiger partial charge in [0, 0.05) is 0 Å². The highest BCUT2D eigenvalue weighted by molar-refractivity contribution is 4.68. The van der Waals surface area contributed by atoms with E-state index in [0.29, 0.717) is 12.3 Å². The SMILES string of the molecule is CCCC(C)CC(O)C(O)CC. The minimum Gasteiger partial charge on any atom is -0.390 e. The van der Waals surface area contributed by atoms with E-state index in [1.807, 2.05) is 6.92 Å². The Bertz CT molecular complexity index is 104. The lowest BCUT2D eigenvalue weighted by Gasteiger charge is -2.19. The van der Waals surface area contributed by atoms with E-state index in [1.54, 1.807) is 0 Å². The van der Waals surface area contributed by atoms with Gasteiger partial charge in [0.25, 0.3) is 0 Å². The van der Waals surface area contributed by atoms with Crippen molar-refractivity contribution in [3.63, 3.8) is 0 Å². The molecule has 0 spiro atoms. The molecule has 12 heavy (non-hydrogen) atoms. The summed E-state index contributed by atoms with van der Waals surface area (Å²) in [6, 6.07) is 0. The van der Waals surface area contributed by atoms with Crippen molar-refractivity contribution in [2.75, 3.05) is 0 Å². The number of rotatable bonds is 6. The fraction of sp³-hybridized carbons (Fsp3) is 1.00. The zero-order valence-corrected chi connectivity index (χ0v) is 8.45. The normalized spacial score (nSPS) is 18.8. The molecule has 3 atom stereocenters. The van der Waals surface area contributed by atoms with Gasteiger partial charge in [-0.3, -0.25) is 0 Å². The average molecular weight is 174 g/mol. The molecule has 0 aromatic rings. The Kier molecular flexibility index (Phi) is 6.39. The van der Waals surface area contributed by atoms with E-state index < -0.39 is 12.2 Å². The van der Waals surface area contributed by atoms with Crippen molar-refractivity contribution in [2.24, 2.45) is 5.92 Å². The molecule has 0 aliphatic heterocycles. The maximum atomic E-state index is 9.46. The predicted molar refractivity (Wildman–Crippen MR) is 51.0 cm³/mol. The molecule has 0 bridgehead atoms. The lowest BCUT2D eigenvalue weighted by atomic mass is 9.95. The molecule has 0 saturated carbocycles. The summed E-state index contributed by atoms with van der Waals surface area (Å²) in [5.41, 5.74) is 0. The summed E-state index contributed by atoms with van der Waals surface area (Å²) in [6.07, 6.45) is 2.58. The minimum atomic E-state index is -0.538. The molecule has 0 aromatic carbocycles. The molecule has 0 aliphatic carbocycles. The molecule has 0 radical (unpaired) electrons. The van der Waals surface area contributed by atoms with Crippen LogP contribution in [0.25, 0.3) is 0 Å². The standard InChI is InChI=1S/C10H22O2/c1-4-6-8(3)7-10(12)9(11)5-2/h8-12H,4-7H2,1-3H3. The molecule has 0 aromatic heterocycles. The van der Waals surface area contributed by atoms with Gasteiger partial charge in [-0.15, -0.1) is 0 Å². The van der Waals surface area contributed by atoms with Crippen LogP contribution in [0, 0.1) is 5.92 Å². The highest BCUT2D eigenvalue weighted by atomic mass is 16.3. The van der Waals surface area contributed by atoms with Crippen LogP contribution in [0.1, 0.15) is 46.5 Å². The summed E-state index contributed by atoms with van der Waals surface area (Å²) in [6.45, 7) is 6.15. The third kappa shape index (κ3) is 4.73. The van der Waals surface area contributed by atoms with Crippen molar-refractivity contribution in [3.8, 4) is 0 Å². The summed E-state index contributed by atoms with van der Waals surface area (Å²) in [5.74, 6) is 0.520. The summed E-state index contributed by atoms with van der Waals surface area (Å²) in [7, 11) is 0. The van der Waals surface area contributed by atoms with E-state index in [0.717, 1.165) is 19.3 Å². The van der Waals surface area contributed by atoms with Crippen molar-refractivity contribution in [1.29, 1.82) is 0 Å². The Hall–Kier alpha value is -0.0800. The van der Waals surface area contributed by atoms with E-state index >= 15 is 0 Å². The van der Waals surface area contributed by atoms with Crippen molar-refractivity contribution in [3.05, 3.63) is 0 Å². The smallest absolute Gasteiger partial charge is 0.0801 e. The lowest BCUT2D eigenvalue weighted by molar-refractivity contribution is 0.00393. The van der Waals surface area contributed by atoms with Gasteiger partial charge in [0.05, 0.1) is 12.2 Å². The maximum Gasteiger partial charge on any atom is 0.0801 e. The van der Waals surface area contributed by atoms with Gasteiger partial charge in [-0.1, -0.05) is 33.6 Å². The third-order valence-electron chi connectivity index (χ3n) is 2.29. The summed E-state index contributed by atoms with van der Waals surface area (Å²) >= 11 is 0. The number of hydrogen-bond acceptors (Lipinski definition) is 2. The van der Waals surface area contributed by atoms with Crippen molar-refractivity contribution >= 4 is 0 Å². The molecule has 2 heteroatoms. The molecular formula is C10H22O2. The van der Waals surface area contributed by atoms with E-state index in [2.05, 4.69) is 13.8 Å². The number of aliphatic hydroxyl groups excluding tert-OH is 2. The van der Waals surface area contributed by atoms with E-state index in [-0.39, 0.29) is 0 Å². The highest BCUT2D eigenvalue weighted by Crippen LogP contribution is 2.15. The van der Waals surface area contributed by atoms with Gasteiger partial charge in [0.2, 0.25) is 0 Å². The molecule has 2 N–H and O–H groups in total. The van der Waals surface area contributed by atoms with Crippen LogP contribution in [-0.4, -0.2) is 22.4 Å².